The molecular formula is C15H29N3O2. The van der Waals surface area contributed by atoms with Crippen LogP contribution in [0.1, 0.15) is 26.2 Å². The summed E-state index contributed by atoms with van der Waals surface area (Å²) in [6.45, 7) is 6.65. The van der Waals surface area contributed by atoms with Crippen LogP contribution in [0, 0.1) is 5.92 Å². The van der Waals surface area contributed by atoms with Crippen LogP contribution in [0.25, 0.3) is 0 Å². The normalized spacial score (nSPS) is 29.4. The highest BCUT2D eigenvalue weighted by molar-refractivity contribution is 5.78. The summed E-state index contributed by atoms with van der Waals surface area (Å²) in [4.78, 5) is 18.4. The number of carbonyl (C=O) groups is 1. The van der Waals surface area contributed by atoms with Crippen molar-refractivity contribution in [2.45, 2.75) is 31.8 Å². The van der Waals surface area contributed by atoms with Crippen LogP contribution in [0.3, 0.4) is 0 Å². The predicted octanol–water partition coefficient (Wildman–Crippen LogP) is 0.243. The van der Waals surface area contributed by atoms with E-state index in [4.69, 9.17) is 0 Å². The van der Waals surface area contributed by atoms with E-state index < -0.39 is 5.60 Å². The van der Waals surface area contributed by atoms with Gasteiger partial charge in [-0.2, -0.15) is 0 Å². The predicted molar refractivity (Wildman–Crippen MR) is 79.5 cm³/mol. The van der Waals surface area contributed by atoms with Crippen molar-refractivity contribution in [3.8, 4) is 0 Å². The van der Waals surface area contributed by atoms with Crippen molar-refractivity contribution in [1.29, 1.82) is 0 Å². The molecule has 0 radical (unpaired) electrons. The molecule has 2 aliphatic rings. The molecular weight excluding hydrogens is 254 g/mol. The smallest absolute Gasteiger partial charge is 0.236 e. The highest BCUT2D eigenvalue weighted by Gasteiger charge is 2.38. The largest absolute Gasteiger partial charge is 0.387 e. The van der Waals surface area contributed by atoms with Crippen LogP contribution >= 0.6 is 0 Å². The number of rotatable bonds is 4. The summed E-state index contributed by atoms with van der Waals surface area (Å²) in [6.07, 6.45) is 3.07. The van der Waals surface area contributed by atoms with Crippen LogP contribution in [0.4, 0.5) is 0 Å². The number of nitrogens with zero attached hydrogens (tertiary/aromatic N) is 3. The van der Waals surface area contributed by atoms with Crippen molar-refractivity contribution in [2.24, 2.45) is 5.92 Å². The Morgan fingerprint density at radius 3 is 2.55 bits per heavy atom. The lowest BCUT2D eigenvalue weighted by Crippen LogP contribution is -2.46. The van der Waals surface area contributed by atoms with Crippen LogP contribution in [-0.2, 0) is 4.79 Å². The lowest BCUT2D eigenvalue weighted by molar-refractivity contribution is -0.132. The molecule has 2 heterocycles. The van der Waals surface area contributed by atoms with Gasteiger partial charge in [0, 0.05) is 13.1 Å². The highest BCUT2D eigenvalue weighted by atomic mass is 16.3. The average molecular weight is 283 g/mol. The van der Waals surface area contributed by atoms with Gasteiger partial charge in [-0.25, -0.2) is 0 Å². The summed E-state index contributed by atoms with van der Waals surface area (Å²) in [7, 11) is 3.91. The van der Waals surface area contributed by atoms with Crippen LogP contribution < -0.4 is 0 Å². The number of β-amino-alcohol motifs (C(OH)–C–C–N with tert-alkyl or cyclic N) is 1. The Morgan fingerprint density at radius 2 is 1.95 bits per heavy atom. The Morgan fingerprint density at radius 1 is 1.30 bits per heavy atom. The van der Waals surface area contributed by atoms with Crippen molar-refractivity contribution >= 4 is 5.91 Å². The molecule has 5 heteroatoms. The molecule has 20 heavy (non-hydrogen) atoms. The number of carbonyl (C=O) groups excluding carboxylic acids is 1. The van der Waals surface area contributed by atoms with Gasteiger partial charge >= 0.3 is 0 Å². The van der Waals surface area contributed by atoms with Gasteiger partial charge in [0.25, 0.3) is 0 Å². The van der Waals surface area contributed by atoms with Crippen molar-refractivity contribution < 1.29 is 9.90 Å². The molecule has 1 atom stereocenters. The minimum Gasteiger partial charge on any atom is -0.387 e. The first-order chi connectivity index (χ1) is 9.38. The first-order valence-corrected chi connectivity index (χ1v) is 7.75. The first-order valence-electron chi connectivity index (χ1n) is 7.75. The fourth-order valence-electron chi connectivity index (χ4n) is 3.30. The monoisotopic (exact) mass is 283 g/mol. The highest BCUT2D eigenvalue weighted by Crippen LogP contribution is 2.22. The van der Waals surface area contributed by atoms with E-state index in [9.17, 15) is 9.90 Å². The quantitative estimate of drug-likeness (QED) is 0.803. The fourth-order valence-corrected chi connectivity index (χ4v) is 3.30. The van der Waals surface area contributed by atoms with E-state index in [0.717, 1.165) is 19.0 Å². The molecule has 1 amide bonds. The Balaban J connectivity index is 1.79. The second-order valence-electron chi connectivity index (χ2n) is 6.99. The zero-order valence-corrected chi connectivity index (χ0v) is 13.1. The van der Waals surface area contributed by atoms with Gasteiger partial charge < -0.3 is 14.9 Å². The lowest BCUT2D eigenvalue weighted by Gasteiger charge is -2.31. The average Bonchev–Trinajstić information content (AvgIpc) is 2.73. The number of piperidine rings is 1. The van der Waals surface area contributed by atoms with Gasteiger partial charge in [0.15, 0.2) is 0 Å². The maximum absolute atomic E-state index is 12.3. The topological polar surface area (TPSA) is 47.0 Å². The maximum Gasteiger partial charge on any atom is 0.236 e. The van der Waals surface area contributed by atoms with E-state index in [1.165, 1.54) is 12.8 Å². The third kappa shape index (κ3) is 4.17. The summed E-state index contributed by atoms with van der Waals surface area (Å²) in [5.41, 5.74) is -0.727. The Bertz CT molecular complexity index is 340. The van der Waals surface area contributed by atoms with Crippen molar-refractivity contribution in [3.63, 3.8) is 0 Å². The number of hydrogen-bond donors (Lipinski definition) is 1. The summed E-state index contributed by atoms with van der Waals surface area (Å²) in [5, 5.41) is 10.5. The molecule has 2 saturated heterocycles. The van der Waals surface area contributed by atoms with Crippen LogP contribution in [0.15, 0.2) is 0 Å². The van der Waals surface area contributed by atoms with Gasteiger partial charge in [0.05, 0.1) is 18.7 Å². The Hall–Kier alpha value is -0.650. The van der Waals surface area contributed by atoms with Gasteiger partial charge in [0.2, 0.25) is 5.91 Å². The number of aliphatic hydroxyl groups is 1. The standard InChI is InChI=1S/C15H29N3O2/c1-13-4-7-17(8-5-13)10-14(19)18-9-6-15(20,12-18)11-16(2)3/h13,20H,4-12H2,1-3H3. The van der Waals surface area contributed by atoms with Gasteiger partial charge in [-0.1, -0.05) is 6.92 Å². The number of hydrogen-bond acceptors (Lipinski definition) is 4. The molecule has 0 aromatic heterocycles. The molecule has 0 aromatic carbocycles. The summed E-state index contributed by atoms with van der Waals surface area (Å²) < 4.78 is 0. The SMILES string of the molecule is CC1CCN(CC(=O)N2CCC(O)(CN(C)C)C2)CC1. The number of likely N-dealkylation sites (tertiary alicyclic amines) is 2. The van der Waals surface area contributed by atoms with E-state index >= 15 is 0 Å². The fraction of sp³-hybridized carbons (Fsp3) is 0.933. The van der Waals surface area contributed by atoms with Gasteiger partial charge in [-0.3, -0.25) is 9.69 Å². The molecule has 0 saturated carbocycles. The van der Waals surface area contributed by atoms with E-state index in [-0.39, 0.29) is 5.91 Å². The van der Waals surface area contributed by atoms with E-state index in [0.29, 0.717) is 32.6 Å². The summed E-state index contributed by atoms with van der Waals surface area (Å²) in [5.74, 6) is 0.965. The van der Waals surface area contributed by atoms with Gasteiger partial charge in [-0.05, 0) is 52.4 Å². The molecule has 2 aliphatic heterocycles. The molecule has 1 unspecified atom stereocenters. The Kier molecular flexibility index (Phi) is 5.04. The van der Waals surface area contributed by atoms with Crippen molar-refractivity contribution in [1.82, 2.24) is 14.7 Å². The van der Waals surface area contributed by atoms with Crippen LogP contribution in [-0.4, -0.2) is 84.7 Å². The second kappa shape index (κ2) is 6.41. The van der Waals surface area contributed by atoms with Crippen LogP contribution in [0.5, 0.6) is 0 Å². The first kappa shape index (κ1) is 15.7. The third-order valence-electron chi connectivity index (χ3n) is 4.53. The molecule has 0 bridgehead atoms. The minimum absolute atomic E-state index is 0.175. The number of amides is 1. The third-order valence-corrected chi connectivity index (χ3v) is 4.53. The zero-order valence-electron chi connectivity index (χ0n) is 13.1. The summed E-state index contributed by atoms with van der Waals surface area (Å²) >= 11 is 0. The molecule has 0 spiro atoms. The Labute approximate surface area is 122 Å². The van der Waals surface area contributed by atoms with Crippen molar-refractivity contribution in [2.75, 3.05) is 53.4 Å². The number of likely N-dealkylation sites (N-methyl/N-ethyl adjacent to an activating group) is 1. The van der Waals surface area contributed by atoms with E-state index in [2.05, 4.69) is 11.8 Å². The molecule has 0 aromatic rings. The molecule has 0 aliphatic carbocycles. The molecule has 2 fully saturated rings. The molecule has 116 valence electrons. The second-order valence-corrected chi connectivity index (χ2v) is 6.99. The minimum atomic E-state index is -0.727. The van der Waals surface area contributed by atoms with Gasteiger partial charge in [0.1, 0.15) is 0 Å². The molecule has 2 rings (SSSR count). The van der Waals surface area contributed by atoms with Crippen LogP contribution in [0.2, 0.25) is 0 Å². The molecule has 5 nitrogen and oxygen atoms in total. The van der Waals surface area contributed by atoms with E-state index in [1.807, 2.05) is 23.9 Å². The van der Waals surface area contributed by atoms with Crippen molar-refractivity contribution in [3.05, 3.63) is 0 Å². The lowest BCUT2D eigenvalue weighted by atomic mass is 9.99. The molecule has 1 N–H and O–H groups in total. The summed E-state index contributed by atoms with van der Waals surface area (Å²) in [6, 6.07) is 0. The van der Waals surface area contributed by atoms with Gasteiger partial charge in [-0.15, -0.1) is 0 Å². The zero-order chi connectivity index (χ0) is 14.8. The van der Waals surface area contributed by atoms with E-state index in [1.54, 1.807) is 0 Å². The maximum atomic E-state index is 12.3.